The molecule has 170 valence electrons. The minimum absolute atomic E-state index is 0.0639. The third-order valence-corrected chi connectivity index (χ3v) is 5.93. The molecule has 33 heavy (non-hydrogen) atoms. The zero-order valence-electron chi connectivity index (χ0n) is 19.3. The fourth-order valence-electron chi connectivity index (χ4n) is 4.08. The fraction of sp³-hybridized carbons (Fsp3) is 0.286. The Balaban J connectivity index is 1.60. The van der Waals surface area contributed by atoms with Gasteiger partial charge in [-0.1, -0.05) is 43.3 Å². The number of hydrogen-bond acceptors (Lipinski definition) is 5. The Hall–Kier alpha value is -3.60. The molecule has 0 N–H and O–H groups in total. The Bertz CT molecular complexity index is 1220. The highest BCUT2D eigenvalue weighted by Gasteiger charge is 2.25. The Kier molecular flexibility index (Phi) is 7.08. The normalized spacial score (nSPS) is 12.0. The first-order valence-corrected chi connectivity index (χ1v) is 11.3. The Labute approximate surface area is 194 Å². The zero-order chi connectivity index (χ0) is 23.2. The number of benzene rings is 2. The van der Waals surface area contributed by atoms with Crippen LogP contribution in [0.2, 0.25) is 0 Å². The summed E-state index contributed by atoms with van der Waals surface area (Å²) in [4.78, 5) is 17.0. The van der Waals surface area contributed by atoms with E-state index in [9.17, 15) is 4.79 Å². The van der Waals surface area contributed by atoms with E-state index in [2.05, 4.69) is 24.0 Å². The van der Waals surface area contributed by atoms with E-state index >= 15 is 0 Å². The standard InChI is InChI=1S/C28H29NO4/c1-19(22-9-5-4-6-10-22)12-16-33-28-26-24(14-18-31-26)20(2)25(21(3)30)27(28)32-17-13-23-11-7-8-15-29-23/h4-11,14-15,18-19H,12-13,16-17H2,1-3H3. The van der Waals surface area contributed by atoms with Gasteiger partial charge in [0.15, 0.2) is 17.1 Å². The lowest BCUT2D eigenvalue weighted by molar-refractivity contribution is 0.101. The second-order valence-electron chi connectivity index (χ2n) is 8.25. The van der Waals surface area contributed by atoms with Gasteiger partial charge in [0, 0.05) is 23.7 Å². The van der Waals surface area contributed by atoms with Crippen molar-refractivity contribution < 1.29 is 18.7 Å². The Morgan fingerprint density at radius 1 is 1.00 bits per heavy atom. The number of carbonyl (C=O) groups is 1. The first-order valence-electron chi connectivity index (χ1n) is 11.3. The summed E-state index contributed by atoms with van der Waals surface area (Å²) < 4.78 is 18.2. The van der Waals surface area contributed by atoms with Crippen LogP contribution in [0.5, 0.6) is 11.5 Å². The average Bonchev–Trinajstić information content (AvgIpc) is 3.32. The number of furan rings is 1. The molecule has 0 saturated carbocycles. The predicted molar refractivity (Wildman–Crippen MR) is 129 cm³/mol. The minimum atomic E-state index is -0.0639. The molecule has 0 bridgehead atoms. The van der Waals surface area contributed by atoms with Crippen LogP contribution < -0.4 is 9.47 Å². The maximum absolute atomic E-state index is 12.6. The van der Waals surface area contributed by atoms with Crippen LogP contribution in [0.4, 0.5) is 0 Å². The fourth-order valence-corrected chi connectivity index (χ4v) is 4.08. The highest BCUT2D eigenvalue weighted by Crippen LogP contribution is 2.43. The van der Waals surface area contributed by atoms with Gasteiger partial charge in [-0.25, -0.2) is 0 Å². The summed E-state index contributed by atoms with van der Waals surface area (Å²) in [6.07, 6.45) is 4.83. The van der Waals surface area contributed by atoms with Gasteiger partial charge in [-0.15, -0.1) is 0 Å². The Morgan fingerprint density at radius 3 is 2.48 bits per heavy atom. The Morgan fingerprint density at radius 2 is 1.76 bits per heavy atom. The van der Waals surface area contributed by atoms with Gasteiger partial charge in [0.05, 0.1) is 25.0 Å². The number of hydrogen-bond donors (Lipinski definition) is 0. The number of rotatable bonds is 10. The van der Waals surface area contributed by atoms with Crippen molar-refractivity contribution in [1.29, 1.82) is 0 Å². The molecule has 1 unspecified atom stereocenters. The molecular weight excluding hydrogens is 414 g/mol. The van der Waals surface area contributed by atoms with Crippen molar-refractivity contribution in [3.05, 3.63) is 89.4 Å². The van der Waals surface area contributed by atoms with Crippen LogP contribution in [-0.4, -0.2) is 24.0 Å². The van der Waals surface area contributed by atoms with Gasteiger partial charge in [0.25, 0.3) is 0 Å². The monoisotopic (exact) mass is 443 g/mol. The molecule has 2 heterocycles. The maximum Gasteiger partial charge on any atom is 0.205 e. The molecule has 0 fully saturated rings. The third-order valence-electron chi connectivity index (χ3n) is 5.93. The lowest BCUT2D eigenvalue weighted by atomic mass is 9.98. The van der Waals surface area contributed by atoms with Gasteiger partial charge >= 0.3 is 0 Å². The summed E-state index contributed by atoms with van der Waals surface area (Å²) >= 11 is 0. The summed E-state index contributed by atoms with van der Waals surface area (Å²) in [5, 5.41) is 0.864. The lowest BCUT2D eigenvalue weighted by Crippen LogP contribution is -2.11. The number of pyridine rings is 1. The van der Waals surface area contributed by atoms with Crippen LogP contribution >= 0.6 is 0 Å². The molecular formula is C28H29NO4. The second-order valence-corrected chi connectivity index (χ2v) is 8.25. The average molecular weight is 444 g/mol. The molecule has 0 aliphatic rings. The van der Waals surface area contributed by atoms with Crippen molar-refractivity contribution in [1.82, 2.24) is 4.98 Å². The molecule has 0 amide bonds. The molecule has 1 atom stereocenters. The van der Waals surface area contributed by atoms with E-state index in [1.807, 2.05) is 49.4 Å². The van der Waals surface area contributed by atoms with Gasteiger partial charge < -0.3 is 13.9 Å². The summed E-state index contributed by atoms with van der Waals surface area (Å²) in [6, 6.07) is 18.0. The van der Waals surface area contributed by atoms with Gasteiger partial charge in [0.2, 0.25) is 5.75 Å². The van der Waals surface area contributed by atoms with Crippen LogP contribution in [0.1, 0.15) is 53.4 Å². The van der Waals surface area contributed by atoms with Crippen LogP contribution in [-0.2, 0) is 6.42 Å². The van der Waals surface area contributed by atoms with Crippen molar-refractivity contribution >= 4 is 16.8 Å². The van der Waals surface area contributed by atoms with Gasteiger partial charge in [0.1, 0.15) is 0 Å². The van der Waals surface area contributed by atoms with Crippen molar-refractivity contribution in [2.24, 2.45) is 0 Å². The number of aromatic nitrogens is 1. The van der Waals surface area contributed by atoms with Crippen molar-refractivity contribution in [2.75, 3.05) is 13.2 Å². The molecule has 2 aromatic carbocycles. The molecule has 0 spiro atoms. The highest BCUT2D eigenvalue weighted by molar-refractivity contribution is 6.05. The van der Waals surface area contributed by atoms with E-state index in [0.717, 1.165) is 23.1 Å². The van der Waals surface area contributed by atoms with Crippen molar-refractivity contribution in [3.63, 3.8) is 0 Å². The first kappa shape index (κ1) is 22.6. The van der Waals surface area contributed by atoms with Crippen LogP contribution in [0.25, 0.3) is 11.0 Å². The number of carbonyl (C=O) groups excluding carboxylic acids is 1. The predicted octanol–water partition coefficient (Wildman–Crippen LogP) is 6.53. The molecule has 4 rings (SSSR count). The van der Waals surface area contributed by atoms with E-state index in [1.165, 1.54) is 5.56 Å². The minimum Gasteiger partial charge on any atom is -0.488 e. The van der Waals surface area contributed by atoms with Crippen LogP contribution in [0.3, 0.4) is 0 Å². The van der Waals surface area contributed by atoms with E-state index in [1.54, 1.807) is 19.4 Å². The number of aryl methyl sites for hydroxylation is 1. The molecule has 2 aromatic heterocycles. The van der Waals surface area contributed by atoms with E-state index in [4.69, 9.17) is 13.9 Å². The number of nitrogens with zero attached hydrogens (tertiary/aromatic N) is 1. The van der Waals surface area contributed by atoms with E-state index in [0.29, 0.717) is 48.2 Å². The quantitative estimate of drug-likeness (QED) is 0.261. The zero-order valence-corrected chi connectivity index (χ0v) is 19.3. The number of fused-ring (bicyclic) bond motifs is 1. The number of ketones is 1. The second kappa shape index (κ2) is 10.3. The van der Waals surface area contributed by atoms with Crippen LogP contribution in [0.15, 0.2) is 71.5 Å². The maximum atomic E-state index is 12.6. The van der Waals surface area contributed by atoms with Gasteiger partial charge in [-0.2, -0.15) is 0 Å². The molecule has 0 aliphatic heterocycles. The SMILES string of the molecule is CC(=O)c1c(OCCc2ccccn2)c(OCCC(C)c2ccccc2)c2occc2c1C. The molecule has 4 aromatic rings. The smallest absolute Gasteiger partial charge is 0.205 e. The van der Waals surface area contributed by atoms with E-state index in [-0.39, 0.29) is 5.78 Å². The molecule has 0 radical (unpaired) electrons. The highest BCUT2D eigenvalue weighted by atomic mass is 16.5. The lowest BCUT2D eigenvalue weighted by Gasteiger charge is -2.19. The molecule has 0 aliphatic carbocycles. The van der Waals surface area contributed by atoms with Gasteiger partial charge in [-0.05, 0) is 55.5 Å². The third kappa shape index (κ3) is 5.08. The number of Topliss-reactive ketones (excluding diaryl/α,β-unsaturated/α-hetero) is 1. The summed E-state index contributed by atoms with van der Waals surface area (Å²) in [7, 11) is 0. The first-order chi connectivity index (χ1) is 16.1. The molecule has 0 saturated heterocycles. The van der Waals surface area contributed by atoms with Crippen molar-refractivity contribution in [2.45, 2.75) is 39.5 Å². The largest absolute Gasteiger partial charge is 0.488 e. The van der Waals surface area contributed by atoms with E-state index < -0.39 is 0 Å². The van der Waals surface area contributed by atoms with Crippen LogP contribution in [0, 0.1) is 6.92 Å². The summed E-state index contributed by atoms with van der Waals surface area (Å²) in [5.74, 6) is 1.22. The molecule has 5 heteroatoms. The molecule has 5 nitrogen and oxygen atoms in total. The van der Waals surface area contributed by atoms with Crippen molar-refractivity contribution in [3.8, 4) is 11.5 Å². The summed E-state index contributed by atoms with van der Waals surface area (Å²) in [5.41, 5.74) is 4.18. The van der Waals surface area contributed by atoms with Gasteiger partial charge in [-0.3, -0.25) is 9.78 Å². The topological polar surface area (TPSA) is 61.6 Å². The number of ether oxygens (including phenoxy) is 2. The summed E-state index contributed by atoms with van der Waals surface area (Å²) in [6.45, 7) is 6.51.